The van der Waals surface area contributed by atoms with Gasteiger partial charge in [-0.05, 0) is 52.0 Å². The highest BCUT2D eigenvalue weighted by atomic mass is 79.9. The van der Waals surface area contributed by atoms with Gasteiger partial charge in [-0.3, -0.25) is 9.59 Å². The van der Waals surface area contributed by atoms with E-state index in [4.69, 9.17) is 4.52 Å². The van der Waals surface area contributed by atoms with Crippen molar-refractivity contribution in [2.75, 3.05) is 13.1 Å². The van der Waals surface area contributed by atoms with E-state index in [0.29, 0.717) is 11.3 Å². The molecule has 0 atom stereocenters. The number of hydrogen-bond donors (Lipinski definition) is 2. The number of aromatic nitrogens is 4. The van der Waals surface area contributed by atoms with Crippen LogP contribution < -0.4 is 10.6 Å². The first-order valence-corrected chi connectivity index (χ1v) is 9.57. The molecule has 2 heterocycles. The van der Waals surface area contributed by atoms with Crippen LogP contribution in [0.25, 0.3) is 11.4 Å². The first-order valence-electron chi connectivity index (χ1n) is 8.78. The van der Waals surface area contributed by atoms with Crippen LogP contribution in [0.5, 0.6) is 0 Å². The average molecular weight is 496 g/mol. The number of hydrogen-bond acceptors (Lipinski definition) is 8. The first-order chi connectivity index (χ1) is 14.8. The van der Waals surface area contributed by atoms with E-state index in [1.165, 1.54) is 28.9 Å². The van der Waals surface area contributed by atoms with Crippen molar-refractivity contribution in [3.8, 4) is 11.4 Å². The minimum atomic E-state index is -0.653. The number of nitrogens with one attached hydrogen (secondary N) is 2. The summed E-state index contributed by atoms with van der Waals surface area (Å²) in [7, 11) is 0. The van der Waals surface area contributed by atoms with E-state index in [1.54, 1.807) is 6.92 Å². The van der Waals surface area contributed by atoms with Gasteiger partial charge in [-0.2, -0.15) is 9.67 Å². The first kappa shape index (κ1) is 22.0. The molecule has 0 fully saturated rings. The Hall–Kier alpha value is -3.68. The minimum absolute atomic E-state index is 0.0702. The van der Waals surface area contributed by atoms with Gasteiger partial charge in [0.05, 0.1) is 10.8 Å². The molecule has 0 aliphatic carbocycles. The number of amides is 2. The number of benzene rings is 1. The normalized spacial score (nSPS) is 10.7. The standard InChI is InChI=1S/C17H15BrFN7O5/c1-9-13(18)15(26(29)30)23-25(9)8-12(27)20-6-7-21-16(28)17-22-14(24-31-17)10-2-4-11(19)5-3-10/h2-5H,6-8H2,1H3,(H,20,27)(H,21,28). The average Bonchev–Trinajstić information content (AvgIpc) is 3.33. The maximum atomic E-state index is 13.0. The Morgan fingerprint density at radius 2 is 1.94 bits per heavy atom. The molecule has 2 amide bonds. The summed E-state index contributed by atoms with van der Waals surface area (Å²) in [5, 5.41) is 23.4. The van der Waals surface area contributed by atoms with Crippen molar-refractivity contribution >= 4 is 33.6 Å². The fraction of sp³-hybridized carbons (Fsp3) is 0.235. The van der Waals surface area contributed by atoms with Gasteiger partial charge < -0.3 is 25.3 Å². The van der Waals surface area contributed by atoms with Crippen LogP contribution in [0.15, 0.2) is 33.3 Å². The van der Waals surface area contributed by atoms with E-state index < -0.39 is 22.6 Å². The molecule has 0 radical (unpaired) electrons. The zero-order valence-electron chi connectivity index (χ0n) is 16.0. The quantitative estimate of drug-likeness (QED) is 0.270. The molecular formula is C17H15BrFN7O5. The molecule has 14 heteroatoms. The number of carbonyl (C=O) groups is 2. The second-order valence-electron chi connectivity index (χ2n) is 6.17. The number of carbonyl (C=O) groups excluding carboxylic acids is 2. The summed E-state index contributed by atoms with van der Waals surface area (Å²) < 4.78 is 19.3. The maximum absolute atomic E-state index is 13.0. The largest absolute Gasteiger partial charge is 0.404 e. The van der Waals surface area contributed by atoms with Crippen molar-refractivity contribution in [1.82, 2.24) is 30.6 Å². The number of halogens is 2. The Balaban J connectivity index is 1.46. The third-order valence-electron chi connectivity index (χ3n) is 4.04. The maximum Gasteiger partial charge on any atom is 0.404 e. The molecular weight excluding hydrogens is 481 g/mol. The summed E-state index contributed by atoms with van der Waals surface area (Å²) in [6, 6.07) is 5.36. The minimum Gasteiger partial charge on any atom is -0.358 e. The van der Waals surface area contributed by atoms with Gasteiger partial charge in [0, 0.05) is 18.7 Å². The lowest BCUT2D eigenvalue weighted by Gasteiger charge is -2.05. The van der Waals surface area contributed by atoms with Crippen LogP contribution in [0.2, 0.25) is 0 Å². The molecule has 1 aromatic carbocycles. The molecule has 3 aromatic rings. The van der Waals surface area contributed by atoms with Crippen molar-refractivity contribution in [1.29, 1.82) is 0 Å². The van der Waals surface area contributed by atoms with E-state index in [-0.39, 0.29) is 41.6 Å². The predicted octanol–water partition coefficient (Wildman–Crippen LogP) is 1.60. The SMILES string of the molecule is Cc1c(Br)c([N+](=O)[O-])nn1CC(=O)NCCNC(=O)c1nc(-c2ccc(F)cc2)no1. The van der Waals surface area contributed by atoms with E-state index in [0.717, 1.165) is 0 Å². The molecule has 12 nitrogen and oxygen atoms in total. The highest BCUT2D eigenvalue weighted by molar-refractivity contribution is 9.10. The predicted molar refractivity (Wildman–Crippen MR) is 106 cm³/mol. The van der Waals surface area contributed by atoms with Crippen LogP contribution in [0, 0.1) is 22.9 Å². The molecule has 31 heavy (non-hydrogen) atoms. The van der Waals surface area contributed by atoms with Crippen molar-refractivity contribution in [2.45, 2.75) is 13.5 Å². The second-order valence-corrected chi connectivity index (χ2v) is 6.97. The van der Waals surface area contributed by atoms with Crippen LogP contribution in [-0.2, 0) is 11.3 Å². The van der Waals surface area contributed by atoms with E-state index in [9.17, 15) is 24.1 Å². The van der Waals surface area contributed by atoms with Crippen LogP contribution in [0.1, 0.15) is 16.4 Å². The fourth-order valence-corrected chi connectivity index (χ4v) is 2.89. The molecule has 2 N–H and O–H groups in total. The van der Waals surface area contributed by atoms with Gasteiger partial charge >= 0.3 is 17.6 Å². The highest BCUT2D eigenvalue weighted by Crippen LogP contribution is 2.26. The van der Waals surface area contributed by atoms with Gasteiger partial charge in [-0.25, -0.2) is 4.39 Å². The molecule has 0 aliphatic heterocycles. The molecule has 0 aliphatic rings. The van der Waals surface area contributed by atoms with Crippen molar-refractivity contribution in [3.63, 3.8) is 0 Å². The number of rotatable bonds is 8. The van der Waals surface area contributed by atoms with Gasteiger partial charge in [-0.15, -0.1) is 0 Å². The zero-order valence-corrected chi connectivity index (χ0v) is 17.5. The molecule has 0 saturated carbocycles. The summed E-state index contributed by atoms with van der Waals surface area (Å²) in [6.45, 7) is 1.52. The van der Waals surface area contributed by atoms with Crippen LogP contribution >= 0.6 is 15.9 Å². The van der Waals surface area contributed by atoms with E-state index in [2.05, 4.69) is 41.8 Å². The summed E-state index contributed by atoms with van der Waals surface area (Å²) >= 11 is 3.07. The fourth-order valence-electron chi connectivity index (χ4n) is 2.46. The van der Waals surface area contributed by atoms with Gasteiger partial charge in [0.2, 0.25) is 11.7 Å². The Labute approximate surface area is 182 Å². The Morgan fingerprint density at radius 3 is 2.58 bits per heavy atom. The van der Waals surface area contributed by atoms with Crippen molar-refractivity contribution in [3.05, 3.63) is 56.3 Å². The Morgan fingerprint density at radius 1 is 1.26 bits per heavy atom. The molecule has 0 saturated heterocycles. The lowest BCUT2D eigenvalue weighted by Crippen LogP contribution is -2.36. The van der Waals surface area contributed by atoms with Gasteiger partial charge in [0.25, 0.3) is 0 Å². The van der Waals surface area contributed by atoms with Gasteiger partial charge in [-0.1, -0.05) is 5.16 Å². The molecule has 2 aromatic heterocycles. The van der Waals surface area contributed by atoms with E-state index >= 15 is 0 Å². The number of nitrogens with zero attached hydrogens (tertiary/aromatic N) is 5. The molecule has 0 spiro atoms. The third-order valence-corrected chi connectivity index (χ3v) is 4.97. The molecule has 3 rings (SSSR count). The van der Waals surface area contributed by atoms with Crippen LogP contribution in [0.3, 0.4) is 0 Å². The molecule has 0 bridgehead atoms. The lowest BCUT2D eigenvalue weighted by molar-refractivity contribution is -0.390. The Bertz CT molecular complexity index is 1130. The summed E-state index contributed by atoms with van der Waals surface area (Å²) in [5.74, 6) is -2.03. The summed E-state index contributed by atoms with van der Waals surface area (Å²) in [4.78, 5) is 38.3. The monoisotopic (exact) mass is 495 g/mol. The van der Waals surface area contributed by atoms with Crippen LogP contribution in [-0.4, -0.2) is 49.7 Å². The highest BCUT2D eigenvalue weighted by Gasteiger charge is 2.24. The third kappa shape index (κ3) is 5.28. The number of nitro groups is 1. The zero-order chi connectivity index (χ0) is 22.5. The molecule has 0 unspecified atom stereocenters. The second kappa shape index (κ2) is 9.42. The Kier molecular flexibility index (Phi) is 6.69. The van der Waals surface area contributed by atoms with E-state index in [1.807, 2.05) is 0 Å². The lowest BCUT2D eigenvalue weighted by atomic mass is 10.2. The van der Waals surface area contributed by atoms with Gasteiger partial charge in [0.15, 0.2) is 0 Å². The van der Waals surface area contributed by atoms with Crippen molar-refractivity contribution in [2.24, 2.45) is 0 Å². The van der Waals surface area contributed by atoms with Gasteiger partial charge in [0.1, 0.15) is 16.8 Å². The van der Waals surface area contributed by atoms with Crippen molar-refractivity contribution < 1.29 is 23.4 Å². The topological polar surface area (TPSA) is 158 Å². The van der Waals surface area contributed by atoms with Crippen LogP contribution in [0.4, 0.5) is 10.2 Å². The summed E-state index contributed by atoms with van der Waals surface area (Å²) in [6.07, 6.45) is 0. The smallest absolute Gasteiger partial charge is 0.358 e. The molecule has 162 valence electrons. The summed E-state index contributed by atoms with van der Waals surface area (Å²) in [5.41, 5.74) is 0.917.